The highest BCUT2D eigenvalue weighted by molar-refractivity contribution is 6.21. The standard InChI is InChI=1S/C10H24N2Si/c1-9(13)7-8-10(2,11(3)4)12(5)6/h7H,8H2,1-6,13H3/b9-7-. The molecule has 0 fully saturated rings. The minimum atomic E-state index is 0.145. The summed E-state index contributed by atoms with van der Waals surface area (Å²) in [6.45, 7) is 4.48. The van der Waals surface area contributed by atoms with Crippen molar-refractivity contribution in [1.29, 1.82) is 0 Å². The molecule has 0 N–H and O–H groups in total. The van der Waals surface area contributed by atoms with Crippen molar-refractivity contribution >= 4 is 10.2 Å². The predicted molar refractivity (Wildman–Crippen MR) is 64.1 cm³/mol. The van der Waals surface area contributed by atoms with E-state index in [9.17, 15) is 0 Å². The van der Waals surface area contributed by atoms with Crippen LogP contribution in [0.25, 0.3) is 0 Å². The van der Waals surface area contributed by atoms with Gasteiger partial charge in [-0.15, -0.1) is 0 Å². The number of rotatable bonds is 4. The molecule has 13 heavy (non-hydrogen) atoms. The molecule has 0 aromatic heterocycles. The van der Waals surface area contributed by atoms with Gasteiger partial charge in [0.1, 0.15) is 0 Å². The van der Waals surface area contributed by atoms with Gasteiger partial charge < -0.3 is 0 Å². The molecular formula is C10H24N2Si. The Hall–Kier alpha value is -0.123. The van der Waals surface area contributed by atoms with E-state index in [1.807, 2.05) is 0 Å². The lowest BCUT2D eigenvalue weighted by Crippen LogP contribution is -2.52. The van der Waals surface area contributed by atoms with Gasteiger partial charge in [0.2, 0.25) is 0 Å². The van der Waals surface area contributed by atoms with Crippen LogP contribution in [-0.4, -0.2) is 53.9 Å². The van der Waals surface area contributed by atoms with E-state index in [2.05, 4.69) is 57.9 Å². The van der Waals surface area contributed by atoms with Gasteiger partial charge in [-0.05, 0) is 48.5 Å². The van der Waals surface area contributed by atoms with Crippen molar-refractivity contribution in [2.45, 2.75) is 25.9 Å². The molecule has 0 saturated heterocycles. The van der Waals surface area contributed by atoms with E-state index in [1.165, 1.54) is 15.4 Å². The molecule has 0 aliphatic heterocycles. The Morgan fingerprint density at radius 2 is 1.62 bits per heavy atom. The molecule has 0 saturated carbocycles. The molecule has 0 heterocycles. The van der Waals surface area contributed by atoms with Crippen LogP contribution in [-0.2, 0) is 0 Å². The summed E-state index contributed by atoms with van der Waals surface area (Å²) in [4.78, 5) is 4.54. The quantitative estimate of drug-likeness (QED) is 0.481. The molecule has 0 aliphatic rings. The molecule has 3 heteroatoms. The summed E-state index contributed by atoms with van der Waals surface area (Å²) >= 11 is 0. The molecule has 0 aromatic carbocycles. The van der Waals surface area contributed by atoms with Gasteiger partial charge in [0.15, 0.2) is 0 Å². The molecule has 2 nitrogen and oxygen atoms in total. The van der Waals surface area contributed by atoms with E-state index >= 15 is 0 Å². The van der Waals surface area contributed by atoms with Crippen molar-refractivity contribution in [3.05, 3.63) is 11.3 Å². The molecular weight excluding hydrogens is 176 g/mol. The number of nitrogens with zero attached hydrogens (tertiary/aromatic N) is 2. The number of hydrogen-bond acceptors (Lipinski definition) is 2. The lowest BCUT2D eigenvalue weighted by Gasteiger charge is -2.41. The summed E-state index contributed by atoms with van der Waals surface area (Å²) in [6, 6.07) is 0. The Labute approximate surface area is 86.0 Å². The van der Waals surface area contributed by atoms with Crippen LogP contribution in [0.2, 0.25) is 0 Å². The summed E-state index contributed by atoms with van der Waals surface area (Å²) in [5.41, 5.74) is 0.145. The van der Waals surface area contributed by atoms with E-state index in [1.54, 1.807) is 0 Å². The molecule has 0 radical (unpaired) electrons. The maximum atomic E-state index is 2.35. The minimum Gasteiger partial charge on any atom is -0.291 e. The van der Waals surface area contributed by atoms with Crippen LogP contribution < -0.4 is 0 Å². The van der Waals surface area contributed by atoms with Crippen molar-refractivity contribution < 1.29 is 0 Å². The average molecular weight is 200 g/mol. The fourth-order valence-corrected chi connectivity index (χ4v) is 1.37. The van der Waals surface area contributed by atoms with Crippen molar-refractivity contribution in [3.8, 4) is 0 Å². The SMILES string of the molecule is C/C([SiH3])=C/CC(C)(N(C)C)N(C)C. The van der Waals surface area contributed by atoms with Gasteiger partial charge in [0.05, 0.1) is 5.66 Å². The zero-order chi connectivity index (χ0) is 10.6. The zero-order valence-electron chi connectivity index (χ0n) is 10.2. The van der Waals surface area contributed by atoms with Gasteiger partial charge in [-0.1, -0.05) is 11.3 Å². The topological polar surface area (TPSA) is 6.48 Å². The van der Waals surface area contributed by atoms with E-state index in [0.29, 0.717) is 0 Å². The van der Waals surface area contributed by atoms with Gasteiger partial charge in [0.25, 0.3) is 0 Å². The first-order valence-corrected chi connectivity index (χ1v) is 5.79. The van der Waals surface area contributed by atoms with Gasteiger partial charge in [-0.25, -0.2) is 0 Å². The van der Waals surface area contributed by atoms with Gasteiger partial charge in [-0.3, -0.25) is 9.80 Å². The Morgan fingerprint density at radius 3 is 1.85 bits per heavy atom. The summed E-state index contributed by atoms with van der Waals surface area (Å²) in [7, 11) is 9.72. The molecule has 0 unspecified atom stereocenters. The number of allylic oxidation sites excluding steroid dienone is 1. The zero-order valence-corrected chi connectivity index (χ0v) is 12.2. The van der Waals surface area contributed by atoms with Crippen LogP contribution in [0.3, 0.4) is 0 Å². The van der Waals surface area contributed by atoms with Crippen molar-refractivity contribution in [2.24, 2.45) is 0 Å². The van der Waals surface area contributed by atoms with E-state index in [-0.39, 0.29) is 5.66 Å². The highest BCUT2D eigenvalue weighted by Crippen LogP contribution is 2.19. The maximum absolute atomic E-state index is 2.35. The fourth-order valence-electron chi connectivity index (χ4n) is 1.16. The van der Waals surface area contributed by atoms with Crippen molar-refractivity contribution in [2.75, 3.05) is 28.2 Å². The summed E-state index contributed by atoms with van der Waals surface area (Å²) in [6.07, 6.45) is 3.45. The van der Waals surface area contributed by atoms with Crippen LogP contribution in [0, 0.1) is 0 Å². The molecule has 0 amide bonds. The molecule has 0 aromatic rings. The van der Waals surface area contributed by atoms with E-state index < -0.39 is 0 Å². The highest BCUT2D eigenvalue weighted by Gasteiger charge is 2.27. The predicted octanol–water partition coefficient (Wildman–Crippen LogP) is 0.485. The van der Waals surface area contributed by atoms with Crippen molar-refractivity contribution in [3.63, 3.8) is 0 Å². The number of hydrogen-bond donors (Lipinski definition) is 0. The minimum absolute atomic E-state index is 0.145. The lowest BCUT2D eigenvalue weighted by molar-refractivity contribution is 0.0242. The van der Waals surface area contributed by atoms with Crippen LogP contribution >= 0.6 is 0 Å². The largest absolute Gasteiger partial charge is 0.291 e. The van der Waals surface area contributed by atoms with Crippen LogP contribution in [0.15, 0.2) is 11.3 Å². The average Bonchev–Trinajstić information content (AvgIpc) is 1.99. The Morgan fingerprint density at radius 1 is 1.23 bits per heavy atom. The van der Waals surface area contributed by atoms with Crippen molar-refractivity contribution in [1.82, 2.24) is 9.80 Å². The normalized spacial score (nSPS) is 14.6. The summed E-state index contributed by atoms with van der Waals surface area (Å²) < 4.78 is 0. The summed E-state index contributed by atoms with van der Waals surface area (Å²) in [5, 5.41) is 1.52. The van der Waals surface area contributed by atoms with Gasteiger partial charge >= 0.3 is 0 Å². The first kappa shape index (κ1) is 12.9. The Kier molecular flexibility index (Phi) is 4.89. The Bertz CT molecular complexity index is 173. The molecule has 0 spiro atoms. The molecule has 0 atom stereocenters. The second-order valence-electron chi connectivity index (χ2n) is 4.49. The van der Waals surface area contributed by atoms with E-state index in [4.69, 9.17) is 0 Å². The van der Waals surface area contributed by atoms with Crippen LogP contribution in [0.4, 0.5) is 0 Å². The smallest absolute Gasteiger partial charge is 0.0734 e. The third-order valence-electron chi connectivity index (χ3n) is 2.82. The summed E-state index contributed by atoms with van der Waals surface area (Å²) in [5.74, 6) is 0. The third-order valence-corrected chi connectivity index (χ3v) is 3.23. The van der Waals surface area contributed by atoms with Gasteiger partial charge in [0, 0.05) is 10.2 Å². The third kappa shape index (κ3) is 3.63. The molecule has 0 bridgehead atoms. The Balaban J connectivity index is 4.52. The molecule has 0 aliphatic carbocycles. The van der Waals surface area contributed by atoms with Crippen LogP contribution in [0.5, 0.6) is 0 Å². The first-order valence-electron chi connectivity index (χ1n) is 4.79. The lowest BCUT2D eigenvalue weighted by atomic mass is 10.1. The fraction of sp³-hybridized carbons (Fsp3) is 0.800. The second kappa shape index (κ2) is 4.93. The molecule has 0 rings (SSSR count). The highest BCUT2D eigenvalue weighted by atomic mass is 28.1. The van der Waals surface area contributed by atoms with E-state index in [0.717, 1.165) is 6.42 Å². The van der Waals surface area contributed by atoms with Crippen LogP contribution in [0.1, 0.15) is 20.3 Å². The first-order chi connectivity index (χ1) is 5.80. The second-order valence-corrected chi connectivity index (χ2v) is 6.07. The van der Waals surface area contributed by atoms with Gasteiger partial charge in [-0.2, -0.15) is 0 Å². The molecule has 78 valence electrons. The maximum Gasteiger partial charge on any atom is 0.0734 e. The monoisotopic (exact) mass is 200 g/mol.